The van der Waals surface area contributed by atoms with Gasteiger partial charge in [0.15, 0.2) is 5.92 Å². The van der Waals surface area contributed by atoms with Gasteiger partial charge in [-0.2, -0.15) is 5.26 Å². The Morgan fingerprint density at radius 3 is 2.50 bits per heavy atom. The van der Waals surface area contributed by atoms with Crippen LogP contribution in [0.4, 0.5) is 5.95 Å². The molecule has 0 saturated carbocycles. The number of aryl methyl sites for hydroxylation is 1. The predicted octanol–water partition coefficient (Wildman–Crippen LogP) is 1.51. The Morgan fingerprint density at radius 2 is 1.90 bits per heavy atom. The molecule has 2 atom stereocenters. The lowest BCUT2D eigenvalue weighted by Gasteiger charge is -2.14. The molecular formula is C20H18N6O4. The molecule has 0 fully saturated rings. The molecule has 1 aromatic carbocycles. The van der Waals surface area contributed by atoms with Gasteiger partial charge in [-0.3, -0.25) is 14.9 Å². The summed E-state index contributed by atoms with van der Waals surface area (Å²) in [6, 6.07) is 11.1. The van der Waals surface area contributed by atoms with Crippen molar-refractivity contribution in [1.82, 2.24) is 20.4 Å². The van der Waals surface area contributed by atoms with Crippen LogP contribution >= 0.6 is 0 Å². The third-order valence-electron chi connectivity index (χ3n) is 4.29. The van der Waals surface area contributed by atoms with Crippen LogP contribution in [0.2, 0.25) is 0 Å². The first-order valence-corrected chi connectivity index (χ1v) is 8.93. The first-order chi connectivity index (χ1) is 14.5. The summed E-state index contributed by atoms with van der Waals surface area (Å²) in [5.74, 6) is -2.40. The van der Waals surface area contributed by atoms with Crippen molar-refractivity contribution in [3.8, 4) is 6.07 Å². The van der Waals surface area contributed by atoms with E-state index in [2.05, 4.69) is 25.8 Å². The molecule has 3 N–H and O–H groups in total. The standard InChI is InChI=1S/C20H18N6O4/c1-12-16(11-25-30-12)17(27)15(7-21)19(29)26-20-23-9-14(10-24-20)18(28)22-8-13-5-3-2-4-6-13/h2-6,9-11,15,17,27H,8H2,1H3,(H,22,28)(H,23,24,26,29). The maximum absolute atomic E-state index is 12.4. The van der Waals surface area contributed by atoms with Gasteiger partial charge >= 0.3 is 0 Å². The van der Waals surface area contributed by atoms with Gasteiger partial charge in [0.1, 0.15) is 11.9 Å². The number of aromatic nitrogens is 3. The van der Waals surface area contributed by atoms with Crippen LogP contribution in [-0.2, 0) is 11.3 Å². The second-order valence-electron chi connectivity index (χ2n) is 6.34. The number of carbonyl (C=O) groups excluding carboxylic acids is 2. The second-order valence-corrected chi connectivity index (χ2v) is 6.34. The van der Waals surface area contributed by atoms with Crippen molar-refractivity contribution in [3.05, 3.63) is 71.4 Å². The monoisotopic (exact) mass is 406 g/mol. The Labute approximate surface area is 171 Å². The highest BCUT2D eigenvalue weighted by molar-refractivity contribution is 5.95. The third-order valence-corrected chi connectivity index (χ3v) is 4.29. The molecule has 0 saturated heterocycles. The molecule has 2 heterocycles. The fourth-order valence-corrected chi connectivity index (χ4v) is 2.62. The number of rotatable bonds is 7. The lowest BCUT2D eigenvalue weighted by Crippen LogP contribution is -2.28. The largest absolute Gasteiger partial charge is 0.386 e. The van der Waals surface area contributed by atoms with Crippen LogP contribution in [0.5, 0.6) is 0 Å². The van der Waals surface area contributed by atoms with Crippen LogP contribution in [0.25, 0.3) is 0 Å². The lowest BCUT2D eigenvalue weighted by molar-refractivity contribution is -0.121. The van der Waals surface area contributed by atoms with Gasteiger partial charge < -0.3 is 14.9 Å². The van der Waals surface area contributed by atoms with Gasteiger partial charge in [-0.05, 0) is 12.5 Å². The van der Waals surface area contributed by atoms with Crippen molar-refractivity contribution in [2.75, 3.05) is 5.32 Å². The summed E-state index contributed by atoms with van der Waals surface area (Å²) in [7, 11) is 0. The number of hydrogen-bond acceptors (Lipinski definition) is 8. The van der Waals surface area contributed by atoms with Gasteiger partial charge in [0, 0.05) is 24.5 Å². The van der Waals surface area contributed by atoms with Crippen LogP contribution in [0.1, 0.15) is 33.3 Å². The van der Waals surface area contributed by atoms with E-state index in [-0.39, 0.29) is 23.0 Å². The summed E-state index contributed by atoms with van der Waals surface area (Å²) >= 11 is 0. The number of anilines is 1. The molecular weight excluding hydrogens is 388 g/mol. The molecule has 0 aliphatic heterocycles. The summed E-state index contributed by atoms with van der Waals surface area (Å²) in [4.78, 5) is 32.4. The van der Waals surface area contributed by atoms with Crippen molar-refractivity contribution in [1.29, 1.82) is 5.26 Å². The Balaban J connectivity index is 1.60. The van der Waals surface area contributed by atoms with E-state index in [0.717, 1.165) is 5.56 Å². The maximum atomic E-state index is 12.4. The highest BCUT2D eigenvalue weighted by atomic mass is 16.5. The van der Waals surface area contributed by atoms with Crippen LogP contribution in [0, 0.1) is 24.2 Å². The van der Waals surface area contributed by atoms with Crippen LogP contribution in [0.3, 0.4) is 0 Å². The minimum Gasteiger partial charge on any atom is -0.386 e. The average molecular weight is 406 g/mol. The number of amides is 2. The quantitative estimate of drug-likeness (QED) is 0.533. The number of nitrogens with one attached hydrogen (secondary N) is 2. The van der Waals surface area contributed by atoms with E-state index in [1.807, 2.05) is 30.3 Å². The number of carbonyl (C=O) groups is 2. The summed E-state index contributed by atoms with van der Waals surface area (Å²) in [5.41, 5.74) is 1.39. The van der Waals surface area contributed by atoms with E-state index in [9.17, 15) is 20.0 Å². The fraction of sp³-hybridized carbons (Fsp3) is 0.200. The Kier molecular flexibility index (Phi) is 6.46. The molecule has 152 valence electrons. The summed E-state index contributed by atoms with van der Waals surface area (Å²) in [6.45, 7) is 1.91. The fourth-order valence-electron chi connectivity index (χ4n) is 2.62. The van der Waals surface area contributed by atoms with E-state index in [4.69, 9.17) is 4.52 Å². The normalized spacial score (nSPS) is 12.4. The molecule has 10 nitrogen and oxygen atoms in total. The SMILES string of the molecule is Cc1oncc1C(O)C(C#N)C(=O)Nc1ncc(C(=O)NCc2ccccc2)cn1. The lowest BCUT2D eigenvalue weighted by atomic mass is 9.97. The van der Waals surface area contributed by atoms with Crippen molar-refractivity contribution >= 4 is 17.8 Å². The molecule has 2 unspecified atom stereocenters. The zero-order valence-electron chi connectivity index (χ0n) is 15.9. The molecule has 10 heteroatoms. The third kappa shape index (κ3) is 4.84. The first-order valence-electron chi connectivity index (χ1n) is 8.93. The molecule has 0 spiro atoms. The van der Waals surface area contributed by atoms with Gasteiger partial charge in [0.25, 0.3) is 5.91 Å². The minimum absolute atomic E-state index is 0.103. The highest BCUT2D eigenvalue weighted by Gasteiger charge is 2.31. The smallest absolute Gasteiger partial charge is 0.254 e. The summed E-state index contributed by atoms with van der Waals surface area (Å²) in [5, 5.41) is 28.2. The van der Waals surface area contributed by atoms with Gasteiger partial charge in [0.2, 0.25) is 11.9 Å². The zero-order valence-corrected chi connectivity index (χ0v) is 15.9. The highest BCUT2D eigenvalue weighted by Crippen LogP contribution is 2.25. The van der Waals surface area contributed by atoms with Gasteiger partial charge in [-0.15, -0.1) is 0 Å². The molecule has 2 amide bonds. The molecule has 2 aromatic heterocycles. The number of hydrogen-bond donors (Lipinski definition) is 3. The molecule has 0 aliphatic rings. The first kappa shape index (κ1) is 20.6. The summed E-state index contributed by atoms with van der Waals surface area (Å²) in [6.07, 6.45) is 2.33. The molecule has 3 aromatic rings. The molecule has 0 radical (unpaired) electrons. The predicted molar refractivity (Wildman–Crippen MR) is 104 cm³/mol. The van der Waals surface area contributed by atoms with Crippen LogP contribution < -0.4 is 10.6 Å². The van der Waals surface area contributed by atoms with Crippen molar-refractivity contribution < 1.29 is 19.2 Å². The van der Waals surface area contributed by atoms with Crippen LogP contribution in [0.15, 0.2) is 53.4 Å². The molecule has 0 aliphatic carbocycles. The Hall–Kier alpha value is -4.10. The van der Waals surface area contributed by atoms with Gasteiger partial charge in [0.05, 0.1) is 17.8 Å². The van der Waals surface area contributed by atoms with E-state index >= 15 is 0 Å². The van der Waals surface area contributed by atoms with E-state index in [0.29, 0.717) is 12.3 Å². The topological polar surface area (TPSA) is 154 Å². The zero-order chi connectivity index (χ0) is 21.5. The van der Waals surface area contributed by atoms with Gasteiger partial charge in [-0.25, -0.2) is 9.97 Å². The summed E-state index contributed by atoms with van der Waals surface area (Å²) < 4.78 is 4.85. The number of nitriles is 1. The average Bonchev–Trinajstić information content (AvgIpc) is 3.19. The Bertz CT molecular complexity index is 1060. The molecule has 30 heavy (non-hydrogen) atoms. The van der Waals surface area contributed by atoms with Crippen molar-refractivity contribution in [3.63, 3.8) is 0 Å². The second kappa shape index (κ2) is 9.40. The molecule has 0 bridgehead atoms. The Morgan fingerprint density at radius 1 is 1.20 bits per heavy atom. The number of nitrogens with zero attached hydrogens (tertiary/aromatic N) is 4. The number of aliphatic hydroxyl groups excluding tert-OH is 1. The van der Waals surface area contributed by atoms with E-state index in [1.54, 1.807) is 13.0 Å². The number of benzene rings is 1. The van der Waals surface area contributed by atoms with Crippen LogP contribution in [-0.4, -0.2) is 32.0 Å². The van der Waals surface area contributed by atoms with E-state index in [1.165, 1.54) is 18.6 Å². The number of aliphatic hydroxyl groups is 1. The maximum Gasteiger partial charge on any atom is 0.254 e. The minimum atomic E-state index is -1.43. The molecule has 3 rings (SSSR count). The van der Waals surface area contributed by atoms with Gasteiger partial charge in [-0.1, -0.05) is 35.5 Å². The van der Waals surface area contributed by atoms with E-state index < -0.39 is 17.9 Å². The van der Waals surface area contributed by atoms with Crippen molar-refractivity contribution in [2.45, 2.75) is 19.6 Å². The van der Waals surface area contributed by atoms with Crippen molar-refractivity contribution in [2.24, 2.45) is 5.92 Å².